The fourth-order valence-electron chi connectivity index (χ4n) is 4.71. The van der Waals surface area contributed by atoms with Gasteiger partial charge in [-0.2, -0.15) is 0 Å². The number of thiocarbonyl (C=S) groups is 1. The van der Waals surface area contributed by atoms with Gasteiger partial charge in [-0.25, -0.2) is 0 Å². The second-order valence-electron chi connectivity index (χ2n) is 10.2. The van der Waals surface area contributed by atoms with Crippen molar-refractivity contribution in [2.75, 3.05) is 45.9 Å². The van der Waals surface area contributed by atoms with E-state index in [9.17, 15) is 0 Å². The minimum Gasteiger partial charge on any atom is -0.360 e. The van der Waals surface area contributed by atoms with Crippen LogP contribution in [0.2, 0.25) is 0 Å². The Labute approximate surface area is 196 Å². The van der Waals surface area contributed by atoms with E-state index in [4.69, 9.17) is 40.6 Å². The van der Waals surface area contributed by atoms with E-state index in [2.05, 4.69) is 29.0 Å². The third-order valence-corrected chi connectivity index (χ3v) is 6.58. The molecular weight excluding hydrogens is 434 g/mol. The largest absolute Gasteiger partial charge is 0.360 e. The van der Waals surface area contributed by atoms with Crippen LogP contribution in [0.5, 0.6) is 0 Å². The molecule has 4 aliphatic heterocycles. The summed E-state index contributed by atoms with van der Waals surface area (Å²) in [5, 5.41) is 4.16. The predicted octanol–water partition coefficient (Wildman–Crippen LogP) is 1.30. The molecule has 0 spiro atoms. The molecule has 4 saturated heterocycles. The number of hydrogen-bond acceptors (Lipinski definition) is 8. The third kappa shape index (κ3) is 5.72. The van der Waals surface area contributed by atoms with Crippen molar-refractivity contribution in [3.63, 3.8) is 0 Å². The first-order valence-electron chi connectivity index (χ1n) is 11.8. The maximum atomic E-state index is 6.24. The number of piperazine rings is 1. The van der Waals surface area contributed by atoms with Crippen molar-refractivity contribution in [1.82, 2.24) is 15.1 Å². The van der Waals surface area contributed by atoms with Crippen molar-refractivity contribution >= 4 is 17.3 Å². The third-order valence-electron chi connectivity index (χ3n) is 6.21. The average molecular weight is 474 g/mol. The van der Waals surface area contributed by atoms with Crippen LogP contribution in [0.25, 0.3) is 0 Å². The summed E-state index contributed by atoms with van der Waals surface area (Å²) in [6.45, 7) is 17.5. The second-order valence-corrected chi connectivity index (χ2v) is 10.6. The monoisotopic (exact) mass is 473 g/mol. The van der Waals surface area contributed by atoms with Crippen LogP contribution >= 0.6 is 12.2 Å². The van der Waals surface area contributed by atoms with Crippen LogP contribution in [-0.2, 0) is 28.4 Å². The number of rotatable bonds is 6. The average Bonchev–Trinajstić information content (AvgIpc) is 3.32. The van der Waals surface area contributed by atoms with Crippen molar-refractivity contribution in [2.45, 2.75) is 89.9 Å². The summed E-state index contributed by atoms with van der Waals surface area (Å²) in [5.41, 5.74) is 0. The molecule has 184 valence electrons. The van der Waals surface area contributed by atoms with E-state index >= 15 is 0 Å². The molecule has 0 aliphatic carbocycles. The second kappa shape index (κ2) is 9.58. The summed E-state index contributed by atoms with van der Waals surface area (Å²) < 4.78 is 36.5. The predicted molar refractivity (Wildman–Crippen MR) is 122 cm³/mol. The SMILES string of the molecule is CC(C)NC(=S)N1CCN(CCO[C@H]2O[C@H]([C@H]3COC(C)(C)O3)[C@@H]3OC(C)(C)O[C@H]23)CC1. The summed E-state index contributed by atoms with van der Waals surface area (Å²) in [6.07, 6.45) is -1.50. The van der Waals surface area contributed by atoms with Crippen molar-refractivity contribution in [2.24, 2.45) is 0 Å². The minimum absolute atomic E-state index is 0.208. The van der Waals surface area contributed by atoms with E-state index < -0.39 is 17.9 Å². The maximum Gasteiger partial charge on any atom is 0.187 e. The molecule has 0 aromatic heterocycles. The van der Waals surface area contributed by atoms with Gasteiger partial charge in [0, 0.05) is 38.8 Å². The molecule has 1 N–H and O–H groups in total. The smallest absolute Gasteiger partial charge is 0.187 e. The van der Waals surface area contributed by atoms with Gasteiger partial charge in [0.1, 0.15) is 24.4 Å². The van der Waals surface area contributed by atoms with Crippen LogP contribution in [0.1, 0.15) is 41.5 Å². The first kappa shape index (κ1) is 24.5. The Morgan fingerprint density at radius 1 is 1.00 bits per heavy atom. The Morgan fingerprint density at radius 3 is 2.31 bits per heavy atom. The molecule has 0 aromatic carbocycles. The molecule has 0 saturated carbocycles. The van der Waals surface area contributed by atoms with Crippen LogP contribution < -0.4 is 5.32 Å². The Bertz CT molecular complexity index is 670. The summed E-state index contributed by atoms with van der Waals surface area (Å²) in [4.78, 5) is 4.63. The van der Waals surface area contributed by atoms with Gasteiger partial charge < -0.3 is 38.6 Å². The van der Waals surface area contributed by atoms with Crippen LogP contribution in [0.15, 0.2) is 0 Å². The number of hydrogen-bond donors (Lipinski definition) is 1. The summed E-state index contributed by atoms with van der Waals surface area (Å²) in [7, 11) is 0. The lowest BCUT2D eigenvalue weighted by atomic mass is 10.1. The zero-order valence-corrected chi connectivity index (χ0v) is 21.0. The van der Waals surface area contributed by atoms with Crippen molar-refractivity contribution in [1.29, 1.82) is 0 Å². The number of nitrogens with zero attached hydrogens (tertiary/aromatic N) is 2. The Morgan fingerprint density at radius 2 is 1.69 bits per heavy atom. The molecule has 5 atom stereocenters. The topological polar surface area (TPSA) is 73.9 Å². The molecule has 0 bridgehead atoms. The van der Waals surface area contributed by atoms with Gasteiger partial charge in [0.25, 0.3) is 0 Å². The van der Waals surface area contributed by atoms with E-state index in [1.54, 1.807) is 0 Å². The molecule has 4 heterocycles. The fraction of sp³-hybridized carbons (Fsp3) is 0.955. The van der Waals surface area contributed by atoms with E-state index in [1.165, 1.54) is 0 Å². The van der Waals surface area contributed by atoms with Crippen LogP contribution in [0, 0.1) is 0 Å². The minimum atomic E-state index is -0.674. The highest BCUT2D eigenvalue weighted by Gasteiger charge is 2.59. The lowest BCUT2D eigenvalue weighted by Gasteiger charge is -2.36. The fourth-order valence-corrected chi connectivity index (χ4v) is 5.13. The van der Waals surface area contributed by atoms with Gasteiger partial charge in [0.15, 0.2) is 23.0 Å². The standard InChI is InChI=1S/C22H39N3O6S/c1-14(2)23-20(32)25-9-7-24(8-10-25)11-12-26-19-18-17(30-22(5,6)31-18)16(28-19)15-13-27-21(3,4)29-15/h14-19H,7-13H2,1-6H3,(H,23,32)/t15-,16-,17+,18+,19+/m1/s1. The first-order valence-corrected chi connectivity index (χ1v) is 12.2. The van der Waals surface area contributed by atoms with E-state index in [0.29, 0.717) is 19.3 Å². The van der Waals surface area contributed by atoms with Crippen molar-refractivity contribution < 1.29 is 28.4 Å². The zero-order valence-electron chi connectivity index (χ0n) is 20.2. The first-order chi connectivity index (χ1) is 15.0. The van der Waals surface area contributed by atoms with Crippen molar-refractivity contribution in [3.8, 4) is 0 Å². The van der Waals surface area contributed by atoms with E-state index in [0.717, 1.165) is 37.8 Å². The van der Waals surface area contributed by atoms with Gasteiger partial charge in [0.05, 0.1) is 13.2 Å². The Hall–Kier alpha value is -0.590. The molecule has 4 rings (SSSR count). The van der Waals surface area contributed by atoms with Gasteiger partial charge in [-0.1, -0.05) is 0 Å². The molecule has 32 heavy (non-hydrogen) atoms. The van der Waals surface area contributed by atoms with E-state index in [1.807, 2.05) is 27.7 Å². The van der Waals surface area contributed by atoms with Crippen LogP contribution in [0.3, 0.4) is 0 Å². The van der Waals surface area contributed by atoms with Crippen LogP contribution in [-0.4, -0.2) is 109 Å². The highest BCUT2D eigenvalue weighted by Crippen LogP contribution is 2.42. The summed E-state index contributed by atoms with van der Waals surface area (Å²) in [6, 6.07) is 0.354. The summed E-state index contributed by atoms with van der Waals surface area (Å²) in [5.74, 6) is -1.29. The number of fused-ring (bicyclic) bond motifs is 1. The molecule has 0 radical (unpaired) electrons. The maximum absolute atomic E-state index is 6.24. The normalized spacial score (nSPS) is 36.6. The Kier molecular flexibility index (Phi) is 7.34. The summed E-state index contributed by atoms with van der Waals surface area (Å²) >= 11 is 5.49. The van der Waals surface area contributed by atoms with Gasteiger partial charge in [0.2, 0.25) is 0 Å². The van der Waals surface area contributed by atoms with Gasteiger partial charge >= 0.3 is 0 Å². The van der Waals surface area contributed by atoms with Crippen LogP contribution in [0.4, 0.5) is 0 Å². The lowest BCUT2D eigenvalue weighted by molar-refractivity contribution is -0.248. The van der Waals surface area contributed by atoms with Gasteiger partial charge in [-0.3, -0.25) is 4.90 Å². The molecule has 0 amide bonds. The van der Waals surface area contributed by atoms with Gasteiger partial charge in [-0.15, -0.1) is 0 Å². The van der Waals surface area contributed by atoms with Gasteiger partial charge in [-0.05, 0) is 53.8 Å². The lowest BCUT2D eigenvalue weighted by Crippen LogP contribution is -2.53. The van der Waals surface area contributed by atoms with Crippen molar-refractivity contribution in [3.05, 3.63) is 0 Å². The molecule has 4 fully saturated rings. The number of nitrogens with one attached hydrogen (secondary N) is 1. The number of ether oxygens (including phenoxy) is 6. The molecule has 10 heteroatoms. The molecule has 0 unspecified atom stereocenters. The zero-order chi connectivity index (χ0) is 23.1. The highest BCUT2D eigenvalue weighted by atomic mass is 32.1. The molecule has 9 nitrogen and oxygen atoms in total. The van der Waals surface area contributed by atoms with E-state index in [-0.39, 0.29) is 24.4 Å². The quantitative estimate of drug-likeness (QED) is 0.571. The molecule has 0 aromatic rings. The highest BCUT2D eigenvalue weighted by molar-refractivity contribution is 7.80. The molecular formula is C22H39N3O6S. The molecule has 4 aliphatic rings. The Balaban J connectivity index is 1.25.